The molecule has 1 rings (SSSR count). The first kappa shape index (κ1) is 17.5. The number of aromatic carboxylic acids is 1. The number of benzene rings is 1. The van der Waals surface area contributed by atoms with Crippen molar-refractivity contribution in [2.24, 2.45) is 0 Å². The molecule has 7 heteroatoms. The summed E-state index contributed by atoms with van der Waals surface area (Å²) in [4.78, 5) is 25.1. The number of carboxylic acids is 1. The van der Waals surface area contributed by atoms with Gasteiger partial charge in [-0.2, -0.15) is 0 Å². The Morgan fingerprint density at radius 3 is 2.52 bits per heavy atom. The molecule has 2 amide bonds. The second-order valence-corrected chi connectivity index (χ2v) is 5.32. The summed E-state index contributed by atoms with van der Waals surface area (Å²) >= 11 is 3.25. The molecule has 0 aliphatic carbocycles. The van der Waals surface area contributed by atoms with E-state index in [-0.39, 0.29) is 11.3 Å². The fourth-order valence-corrected chi connectivity index (χ4v) is 2.20. The average molecular weight is 358 g/mol. The second kappa shape index (κ2) is 8.63. The zero-order chi connectivity index (χ0) is 15.8. The van der Waals surface area contributed by atoms with Crippen molar-refractivity contribution in [3.05, 3.63) is 28.2 Å². The van der Waals surface area contributed by atoms with Gasteiger partial charge in [-0.1, -0.05) is 29.8 Å². The van der Waals surface area contributed by atoms with E-state index in [1.54, 1.807) is 12.1 Å². The molecule has 0 aliphatic heterocycles. The summed E-state index contributed by atoms with van der Waals surface area (Å²) in [5.41, 5.74) is 0.314. The first-order valence-corrected chi connectivity index (χ1v) is 7.57. The van der Waals surface area contributed by atoms with Gasteiger partial charge in [-0.3, -0.25) is 0 Å². The summed E-state index contributed by atoms with van der Waals surface area (Å²) in [7, 11) is 0. The number of amides is 2. The van der Waals surface area contributed by atoms with Crippen LogP contribution in [0.5, 0.6) is 0 Å². The normalized spacial score (nSPS) is 10.5. The van der Waals surface area contributed by atoms with Gasteiger partial charge in [-0.05, 0) is 31.3 Å². The van der Waals surface area contributed by atoms with Gasteiger partial charge in [0.2, 0.25) is 0 Å². The topological polar surface area (TPSA) is 81.7 Å². The van der Waals surface area contributed by atoms with Crippen molar-refractivity contribution in [3.8, 4) is 0 Å². The Morgan fingerprint density at radius 1 is 1.29 bits per heavy atom. The summed E-state index contributed by atoms with van der Waals surface area (Å²) < 4.78 is 0.700. The molecule has 0 unspecified atom stereocenters. The van der Waals surface area contributed by atoms with E-state index in [1.165, 1.54) is 6.07 Å². The lowest BCUT2D eigenvalue weighted by atomic mass is 10.2. The maximum atomic E-state index is 11.8. The highest BCUT2D eigenvalue weighted by Gasteiger charge is 2.12. The van der Waals surface area contributed by atoms with Crippen LogP contribution in [0.3, 0.4) is 0 Å². The molecule has 0 heterocycles. The number of anilines is 1. The predicted molar refractivity (Wildman–Crippen MR) is 85.9 cm³/mol. The van der Waals surface area contributed by atoms with Crippen molar-refractivity contribution in [2.75, 3.05) is 31.5 Å². The SMILES string of the molecule is CCN(CC)CCNC(=O)Nc1cc(Br)ccc1C(=O)O. The number of hydrogen-bond acceptors (Lipinski definition) is 3. The lowest BCUT2D eigenvalue weighted by Crippen LogP contribution is -2.37. The minimum atomic E-state index is -1.08. The zero-order valence-electron chi connectivity index (χ0n) is 12.1. The molecule has 1 aromatic rings. The minimum Gasteiger partial charge on any atom is -0.478 e. The number of hydrogen-bond donors (Lipinski definition) is 3. The van der Waals surface area contributed by atoms with Crippen LogP contribution in [0.4, 0.5) is 10.5 Å². The number of halogens is 1. The molecule has 21 heavy (non-hydrogen) atoms. The van der Waals surface area contributed by atoms with E-state index in [1.807, 2.05) is 0 Å². The number of urea groups is 1. The van der Waals surface area contributed by atoms with Crippen molar-refractivity contribution < 1.29 is 14.7 Å². The number of carbonyl (C=O) groups is 2. The minimum absolute atomic E-state index is 0.0529. The number of nitrogens with one attached hydrogen (secondary N) is 2. The smallest absolute Gasteiger partial charge is 0.337 e. The fourth-order valence-electron chi connectivity index (χ4n) is 1.84. The zero-order valence-corrected chi connectivity index (χ0v) is 13.7. The van der Waals surface area contributed by atoms with E-state index >= 15 is 0 Å². The molecule has 0 radical (unpaired) electrons. The number of carboxylic acid groups (broad SMARTS) is 1. The highest BCUT2D eigenvalue weighted by molar-refractivity contribution is 9.10. The van der Waals surface area contributed by atoms with E-state index in [0.717, 1.165) is 19.6 Å². The molecule has 1 aromatic carbocycles. The predicted octanol–water partition coefficient (Wildman–Crippen LogP) is 2.61. The van der Waals surface area contributed by atoms with Gasteiger partial charge in [-0.25, -0.2) is 9.59 Å². The maximum absolute atomic E-state index is 11.8. The summed E-state index contributed by atoms with van der Waals surface area (Å²) in [5.74, 6) is -1.08. The summed E-state index contributed by atoms with van der Waals surface area (Å²) in [6.45, 7) is 7.23. The van der Waals surface area contributed by atoms with Crippen molar-refractivity contribution in [1.29, 1.82) is 0 Å². The van der Waals surface area contributed by atoms with E-state index in [2.05, 4.69) is 45.3 Å². The van der Waals surface area contributed by atoms with Crippen LogP contribution in [0.1, 0.15) is 24.2 Å². The van der Waals surface area contributed by atoms with Crippen LogP contribution >= 0.6 is 15.9 Å². The molecular weight excluding hydrogens is 338 g/mol. The molecule has 3 N–H and O–H groups in total. The number of carbonyl (C=O) groups excluding carboxylic acids is 1. The Labute approximate surface area is 132 Å². The molecule has 6 nitrogen and oxygen atoms in total. The van der Waals surface area contributed by atoms with Gasteiger partial charge in [0.25, 0.3) is 0 Å². The lowest BCUT2D eigenvalue weighted by Gasteiger charge is -2.18. The van der Waals surface area contributed by atoms with Crippen LogP contribution in [0.2, 0.25) is 0 Å². The Bertz CT molecular complexity index is 504. The van der Waals surface area contributed by atoms with Crippen LogP contribution < -0.4 is 10.6 Å². The quantitative estimate of drug-likeness (QED) is 0.700. The summed E-state index contributed by atoms with van der Waals surface area (Å²) in [6, 6.07) is 4.21. The van der Waals surface area contributed by atoms with Crippen molar-refractivity contribution in [3.63, 3.8) is 0 Å². The molecule has 0 bridgehead atoms. The summed E-state index contributed by atoms with van der Waals surface area (Å²) in [6.07, 6.45) is 0. The standard InChI is InChI=1S/C14H20BrN3O3/c1-3-18(4-2)8-7-16-14(21)17-12-9-10(15)5-6-11(12)13(19)20/h5-6,9H,3-4,7-8H2,1-2H3,(H,19,20)(H2,16,17,21). The average Bonchev–Trinajstić information content (AvgIpc) is 2.43. The molecule has 0 spiro atoms. The Kier molecular flexibility index (Phi) is 7.18. The maximum Gasteiger partial charge on any atom is 0.337 e. The molecule has 0 saturated heterocycles. The first-order valence-electron chi connectivity index (χ1n) is 6.78. The molecule has 0 saturated carbocycles. The second-order valence-electron chi connectivity index (χ2n) is 4.40. The molecular formula is C14H20BrN3O3. The van der Waals surface area contributed by atoms with Crippen LogP contribution in [-0.4, -0.2) is 48.2 Å². The Hall–Kier alpha value is -1.60. The van der Waals surface area contributed by atoms with Crippen molar-refractivity contribution in [1.82, 2.24) is 10.2 Å². The third-order valence-corrected chi connectivity index (χ3v) is 3.56. The van der Waals surface area contributed by atoms with Gasteiger partial charge < -0.3 is 20.6 Å². The Morgan fingerprint density at radius 2 is 1.95 bits per heavy atom. The third kappa shape index (κ3) is 5.73. The number of nitrogens with zero attached hydrogens (tertiary/aromatic N) is 1. The van der Waals surface area contributed by atoms with E-state index in [0.29, 0.717) is 11.0 Å². The molecule has 0 aliphatic rings. The molecule has 0 atom stereocenters. The van der Waals surface area contributed by atoms with Crippen LogP contribution in [0.25, 0.3) is 0 Å². The first-order chi connectivity index (χ1) is 9.97. The van der Waals surface area contributed by atoms with Gasteiger partial charge >= 0.3 is 12.0 Å². The number of likely N-dealkylation sites (N-methyl/N-ethyl adjacent to an activating group) is 1. The monoisotopic (exact) mass is 357 g/mol. The third-order valence-electron chi connectivity index (χ3n) is 3.07. The largest absolute Gasteiger partial charge is 0.478 e. The van der Waals surface area contributed by atoms with E-state index in [9.17, 15) is 9.59 Å². The molecule has 116 valence electrons. The van der Waals surface area contributed by atoms with Crippen LogP contribution in [0.15, 0.2) is 22.7 Å². The lowest BCUT2D eigenvalue weighted by molar-refractivity contribution is 0.0698. The van der Waals surface area contributed by atoms with Crippen LogP contribution in [-0.2, 0) is 0 Å². The molecule has 0 aromatic heterocycles. The van der Waals surface area contributed by atoms with Crippen molar-refractivity contribution in [2.45, 2.75) is 13.8 Å². The van der Waals surface area contributed by atoms with Gasteiger partial charge in [0.15, 0.2) is 0 Å². The molecule has 0 fully saturated rings. The number of rotatable bonds is 7. The van der Waals surface area contributed by atoms with Crippen molar-refractivity contribution >= 4 is 33.6 Å². The van der Waals surface area contributed by atoms with Gasteiger partial charge in [0.1, 0.15) is 0 Å². The van der Waals surface area contributed by atoms with Gasteiger partial charge in [0, 0.05) is 17.6 Å². The van der Waals surface area contributed by atoms with Crippen LogP contribution in [0, 0.1) is 0 Å². The fraction of sp³-hybridized carbons (Fsp3) is 0.429. The Balaban J connectivity index is 2.59. The highest BCUT2D eigenvalue weighted by Crippen LogP contribution is 2.21. The van der Waals surface area contributed by atoms with Gasteiger partial charge in [0.05, 0.1) is 11.3 Å². The van der Waals surface area contributed by atoms with E-state index < -0.39 is 12.0 Å². The van der Waals surface area contributed by atoms with Gasteiger partial charge in [-0.15, -0.1) is 0 Å². The summed E-state index contributed by atoms with van der Waals surface area (Å²) in [5, 5.41) is 14.4. The highest BCUT2D eigenvalue weighted by atomic mass is 79.9. The van der Waals surface area contributed by atoms with E-state index in [4.69, 9.17) is 5.11 Å².